The van der Waals surface area contributed by atoms with Crippen molar-refractivity contribution in [1.82, 2.24) is 4.90 Å². The molecule has 0 aromatic heterocycles. The van der Waals surface area contributed by atoms with Gasteiger partial charge in [-0.1, -0.05) is 6.92 Å². The monoisotopic (exact) mass is 339 g/mol. The van der Waals surface area contributed by atoms with Crippen LogP contribution in [0.5, 0.6) is 11.5 Å². The Hall–Kier alpha value is -1.63. The second-order valence-electron chi connectivity index (χ2n) is 4.57. The van der Waals surface area contributed by atoms with Gasteiger partial charge in [0, 0.05) is 6.04 Å². The largest absolute Gasteiger partial charge is 0.573 e. The Kier molecular flexibility index (Phi) is 6.80. The van der Waals surface area contributed by atoms with Crippen molar-refractivity contribution in [2.75, 3.05) is 13.2 Å². The van der Waals surface area contributed by atoms with Gasteiger partial charge in [0.15, 0.2) is 0 Å². The number of carbonyl (C=O) groups excluding carboxylic acids is 1. The van der Waals surface area contributed by atoms with Gasteiger partial charge in [-0.05, 0) is 49.2 Å². The first-order valence-electron chi connectivity index (χ1n) is 6.67. The van der Waals surface area contributed by atoms with Crippen molar-refractivity contribution in [2.45, 2.75) is 32.7 Å². The maximum absolute atomic E-state index is 12.0. The van der Waals surface area contributed by atoms with Crippen molar-refractivity contribution >= 4 is 17.0 Å². The van der Waals surface area contributed by atoms with Crippen molar-refractivity contribution in [1.29, 1.82) is 0 Å². The molecule has 0 saturated heterocycles. The van der Waals surface area contributed by atoms with Crippen LogP contribution in [0.1, 0.15) is 20.3 Å². The normalized spacial score (nSPS) is 12.6. The van der Waals surface area contributed by atoms with Crippen LogP contribution in [0, 0.1) is 0 Å². The van der Waals surface area contributed by atoms with E-state index in [1.807, 2.05) is 13.8 Å². The van der Waals surface area contributed by atoms with E-state index in [2.05, 4.69) is 4.74 Å². The van der Waals surface area contributed by atoms with E-state index in [9.17, 15) is 18.0 Å². The molecule has 0 heterocycles. The van der Waals surface area contributed by atoms with Gasteiger partial charge in [0.2, 0.25) is 0 Å². The summed E-state index contributed by atoms with van der Waals surface area (Å²) in [5, 5.41) is -0.563. The molecule has 1 atom stereocenters. The van der Waals surface area contributed by atoms with E-state index in [0.29, 0.717) is 5.75 Å². The van der Waals surface area contributed by atoms with E-state index in [0.717, 1.165) is 18.6 Å². The Bertz CT molecular complexity index is 479. The van der Waals surface area contributed by atoms with Crippen LogP contribution >= 0.6 is 11.6 Å². The molecule has 0 bridgehead atoms. The highest BCUT2D eigenvalue weighted by Gasteiger charge is 2.30. The predicted octanol–water partition coefficient (Wildman–Crippen LogP) is 4.42. The molecule has 0 spiro atoms. The lowest BCUT2D eigenvalue weighted by Crippen LogP contribution is -2.37. The second kappa shape index (κ2) is 8.12. The van der Waals surface area contributed by atoms with Crippen LogP contribution in [0.3, 0.4) is 0 Å². The third-order valence-corrected chi connectivity index (χ3v) is 3.22. The average Bonchev–Trinajstić information content (AvgIpc) is 2.42. The predicted molar refractivity (Wildman–Crippen MR) is 76.3 cm³/mol. The standard InChI is InChI=1S/C14H17ClF3NO3/c1-3-10(2)19(13(15)20)8-9-21-11-4-6-12(7-5-11)22-14(16,17)18/h4-7,10H,3,8-9H2,1-2H3. The number of halogens is 4. The van der Waals surface area contributed by atoms with Crippen molar-refractivity contribution in [3.63, 3.8) is 0 Å². The maximum Gasteiger partial charge on any atom is 0.573 e. The molecule has 1 unspecified atom stereocenters. The molecule has 0 aliphatic carbocycles. The summed E-state index contributed by atoms with van der Waals surface area (Å²) in [6.07, 6.45) is -3.97. The minimum atomic E-state index is -4.72. The van der Waals surface area contributed by atoms with Crippen LogP contribution in [0.4, 0.5) is 18.0 Å². The number of benzene rings is 1. The van der Waals surface area contributed by atoms with Crippen LogP contribution in [-0.4, -0.2) is 35.8 Å². The summed E-state index contributed by atoms with van der Waals surface area (Å²) in [4.78, 5) is 12.7. The molecule has 124 valence electrons. The number of amides is 1. The lowest BCUT2D eigenvalue weighted by Gasteiger charge is -2.25. The van der Waals surface area contributed by atoms with Crippen LogP contribution in [0.2, 0.25) is 0 Å². The van der Waals surface area contributed by atoms with Crippen LogP contribution in [-0.2, 0) is 0 Å². The van der Waals surface area contributed by atoms with Crippen molar-refractivity contribution in [2.24, 2.45) is 0 Å². The molecule has 0 aliphatic rings. The number of ether oxygens (including phenoxy) is 2. The molecule has 1 amide bonds. The highest BCUT2D eigenvalue weighted by Crippen LogP contribution is 2.24. The zero-order valence-corrected chi connectivity index (χ0v) is 12.9. The minimum absolute atomic E-state index is 0.0174. The summed E-state index contributed by atoms with van der Waals surface area (Å²) in [5.41, 5.74) is 0. The highest BCUT2D eigenvalue weighted by molar-refractivity contribution is 6.62. The molecule has 1 aromatic rings. The lowest BCUT2D eigenvalue weighted by molar-refractivity contribution is -0.274. The zero-order chi connectivity index (χ0) is 16.8. The van der Waals surface area contributed by atoms with Crippen LogP contribution in [0.25, 0.3) is 0 Å². The zero-order valence-electron chi connectivity index (χ0n) is 12.2. The second-order valence-corrected chi connectivity index (χ2v) is 4.89. The average molecular weight is 340 g/mol. The third-order valence-electron chi connectivity index (χ3n) is 3.01. The van der Waals surface area contributed by atoms with Gasteiger partial charge in [-0.3, -0.25) is 4.79 Å². The topological polar surface area (TPSA) is 38.8 Å². The molecule has 0 aliphatic heterocycles. The molecule has 0 radical (unpaired) electrons. The Labute approximate surface area is 131 Å². The fourth-order valence-electron chi connectivity index (χ4n) is 1.70. The molecular formula is C14H17ClF3NO3. The summed E-state index contributed by atoms with van der Waals surface area (Å²) in [6, 6.07) is 5.01. The van der Waals surface area contributed by atoms with Gasteiger partial charge in [0.25, 0.3) is 0 Å². The molecule has 4 nitrogen and oxygen atoms in total. The Morgan fingerprint density at radius 1 is 1.27 bits per heavy atom. The fraction of sp³-hybridized carbons (Fsp3) is 0.500. The van der Waals surface area contributed by atoms with Crippen molar-refractivity contribution in [3.05, 3.63) is 24.3 Å². The van der Waals surface area contributed by atoms with E-state index in [1.54, 1.807) is 0 Å². The SMILES string of the molecule is CCC(C)N(CCOc1ccc(OC(F)(F)F)cc1)C(=O)Cl. The quantitative estimate of drug-likeness (QED) is 0.545. The third kappa shape index (κ3) is 6.43. The number of carbonyl (C=O) groups is 1. The summed E-state index contributed by atoms with van der Waals surface area (Å²) in [5.74, 6) is 0.0534. The highest BCUT2D eigenvalue weighted by atomic mass is 35.5. The summed E-state index contributed by atoms with van der Waals surface area (Å²) in [7, 11) is 0. The number of hydrogen-bond donors (Lipinski definition) is 0. The smallest absolute Gasteiger partial charge is 0.492 e. The summed E-state index contributed by atoms with van der Waals surface area (Å²) >= 11 is 5.49. The van der Waals surface area contributed by atoms with Gasteiger partial charge in [-0.2, -0.15) is 0 Å². The van der Waals surface area contributed by atoms with Crippen molar-refractivity contribution in [3.8, 4) is 11.5 Å². The van der Waals surface area contributed by atoms with Crippen LogP contribution in [0.15, 0.2) is 24.3 Å². The van der Waals surface area contributed by atoms with E-state index >= 15 is 0 Å². The Balaban J connectivity index is 2.49. The van der Waals surface area contributed by atoms with E-state index in [-0.39, 0.29) is 24.9 Å². The van der Waals surface area contributed by atoms with Gasteiger partial charge >= 0.3 is 11.7 Å². The Morgan fingerprint density at radius 3 is 2.27 bits per heavy atom. The molecule has 22 heavy (non-hydrogen) atoms. The number of rotatable bonds is 7. The molecule has 8 heteroatoms. The van der Waals surface area contributed by atoms with E-state index in [4.69, 9.17) is 16.3 Å². The molecular weight excluding hydrogens is 323 g/mol. The summed E-state index contributed by atoms with van der Waals surface area (Å²) in [6.45, 7) is 4.27. The molecule has 0 N–H and O–H groups in total. The maximum atomic E-state index is 12.0. The van der Waals surface area contributed by atoms with Gasteiger partial charge < -0.3 is 14.4 Å². The van der Waals surface area contributed by atoms with E-state index < -0.39 is 11.7 Å². The number of alkyl halides is 3. The first kappa shape index (κ1) is 18.4. The van der Waals surface area contributed by atoms with Gasteiger partial charge in [0.05, 0.1) is 6.54 Å². The number of hydrogen-bond acceptors (Lipinski definition) is 3. The molecule has 1 aromatic carbocycles. The van der Waals surface area contributed by atoms with Crippen molar-refractivity contribution < 1.29 is 27.4 Å². The molecule has 1 rings (SSSR count). The molecule has 0 fully saturated rings. The molecule has 0 saturated carbocycles. The first-order chi connectivity index (χ1) is 10.2. The van der Waals surface area contributed by atoms with Gasteiger partial charge in [-0.15, -0.1) is 13.2 Å². The first-order valence-corrected chi connectivity index (χ1v) is 7.05. The minimum Gasteiger partial charge on any atom is -0.492 e. The summed E-state index contributed by atoms with van der Waals surface area (Å²) < 4.78 is 45.2. The fourth-order valence-corrected chi connectivity index (χ4v) is 1.95. The van der Waals surface area contributed by atoms with Gasteiger partial charge in [0.1, 0.15) is 18.1 Å². The lowest BCUT2D eigenvalue weighted by atomic mass is 10.2. The van der Waals surface area contributed by atoms with Crippen LogP contribution < -0.4 is 9.47 Å². The Morgan fingerprint density at radius 2 is 1.82 bits per heavy atom. The van der Waals surface area contributed by atoms with Gasteiger partial charge in [-0.25, -0.2) is 0 Å². The van der Waals surface area contributed by atoms with E-state index in [1.165, 1.54) is 17.0 Å². The number of nitrogens with zero attached hydrogens (tertiary/aromatic N) is 1.